The van der Waals surface area contributed by atoms with E-state index in [1.807, 2.05) is 0 Å². The number of hydrogen-bond acceptors (Lipinski definition) is 6. The Labute approximate surface area is 123 Å². The van der Waals surface area contributed by atoms with Gasteiger partial charge in [0.2, 0.25) is 0 Å². The first-order valence-corrected chi connectivity index (χ1v) is 7.33. The van der Waals surface area contributed by atoms with Gasteiger partial charge in [-0.2, -0.15) is 0 Å². The van der Waals surface area contributed by atoms with Gasteiger partial charge in [-0.15, -0.1) is 0 Å². The van der Waals surface area contributed by atoms with Gasteiger partial charge >= 0.3 is 5.88 Å². The summed E-state index contributed by atoms with van der Waals surface area (Å²) in [4.78, 5) is 17.8. The number of furan rings is 1. The molecule has 1 aliphatic rings. The summed E-state index contributed by atoms with van der Waals surface area (Å²) in [5.41, 5.74) is 0.640. The SMILES string of the molecule is CCCN(CCC)CC1CC(c2ccc([N+](=O)[O-])o2)=NO1. The Balaban J connectivity index is 1.90. The molecule has 7 nitrogen and oxygen atoms in total. The summed E-state index contributed by atoms with van der Waals surface area (Å²) in [6, 6.07) is 2.91. The molecule has 1 unspecified atom stereocenters. The number of rotatable bonds is 8. The molecular formula is C14H21N3O4. The Kier molecular flexibility index (Phi) is 5.32. The van der Waals surface area contributed by atoms with Crippen LogP contribution in [-0.2, 0) is 4.84 Å². The molecule has 1 atom stereocenters. The summed E-state index contributed by atoms with van der Waals surface area (Å²) < 4.78 is 5.15. The fraction of sp³-hybridized carbons (Fsp3) is 0.643. The molecule has 0 radical (unpaired) electrons. The lowest BCUT2D eigenvalue weighted by Crippen LogP contribution is -2.33. The zero-order valence-electron chi connectivity index (χ0n) is 12.4. The molecule has 0 spiro atoms. The van der Waals surface area contributed by atoms with E-state index in [2.05, 4.69) is 23.9 Å². The zero-order valence-corrected chi connectivity index (χ0v) is 12.4. The van der Waals surface area contributed by atoms with E-state index in [4.69, 9.17) is 9.25 Å². The van der Waals surface area contributed by atoms with Crippen LogP contribution in [0.3, 0.4) is 0 Å². The van der Waals surface area contributed by atoms with Gasteiger partial charge in [0.1, 0.15) is 16.7 Å². The van der Waals surface area contributed by atoms with Crippen molar-refractivity contribution in [3.05, 3.63) is 28.0 Å². The smallest absolute Gasteiger partial charge is 0.399 e. The van der Waals surface area contributed by atoms with Gasteiger partial charge in [0.05, 0.1) is 6.07 Å². The van der Waals surface area contributed by atoms with E-state index in [9.17, 15) is 10.1 Å². The van der Waals surface area contributed by atoms with E-state index in [0.29, 0.717) is 17.9 Å². The maximum atomic E-state index is 10.6. The Morgan fingerprint density at radius 2 is 2.10 bits per heavy atom. The van der Waals surface area contributed by atoms with Crippen LogP contribution in [0.15, 0.2) is 21.7 Å². The van der Waals surface area contributed by atoms with Crippen LogP contribution < -0.4 is 0 Å². The summed E-state index contributed by atoms with van der Waals surface area (Å²) in [5, 5.41) is 14.6. The van der Waals surface area contributed by atoms with Crippen LogP contribution in [0.2, 0.25) is 0 Å². The second kappa shape index (κ2) is 7.21. The van der Waals surface area contributed by atoms with Crippen LogP contribution in [-0.4, -0.2) is 41.3 Å². The molecule has 0 fully saturated rings. The topological polar surface area (TPSA) is 81.1 Å². The van der Waals surface area contributed by atoms with E-state index in [1.165, 1.54) is 6.07 Å². The molecule has 7 heteroatoms. The number of nitro groups is 1. The van der Waals surface area contributed by atoms with Crippen molar-refractivity contribution in [3.63, 3.8) is 0 Å². The van der Waals surface area contributed by atoms with Gasteiger partial charge in [-0.05, 0) is 32.0 Å². The third-order valence-corrected chi connectivity index (χ3v) is 3.33. The second-order valence-electron chi connectivity index (χ2n) is 5.17. The molecule has 0 N–H and O–H groups in total. The van der Waals surface area contributed by atoms with Crippen molar-refractivity contribution in [1.29, 1.82) is 0 Å². The van der Waals surface area contributed by atoms with E-state index >= 15 is 0 Å². The molecule has 1 aliphatic heterocycles. The third kappa shape index (κ3) is 4.04. The molecule has 1 aromatic heterocycles. The van der Waals surface area contributed by atoms with E-state index in [-0.39, 0.29) is 12.0 Å². The minimum Gasteiger partial charge on any atom is -0.399 e. The number of hydrogen-bond donors (Lipinski definition) is 0. The van der Waals surface area contributed by atoms with Crippen LogP contribution in [0.1, 0.15) is 38.9 Å². The lowest BCUT2D eigenvalue weighted by atomic mass is 10.1. The van der Waals surface area contributed by atoms with Gasteiger partial charge < -0.3 is 9.25 Å². The Hall–Kier alpha value is -1.89. The molecule has 116 valence electrons. The predicted octanol–water partition coefficient (Wildman–Crippen LogP) is 2.80. The van der Waals surface area contributed by atoms with Crippen LogP contribution in [0.4, 0.5) is 5.88 Å². The van der Waals surface area contributed by atoms with Crippen molar-refractivity contribution in [2.24, 2.45) is 5.16 Å². The Bertz CT molecular complexity index is 506. The maximum absolute atomic E-state index is 10.6. The number of nitrogens with zero attached hydrogens (tertiary/aromatic N) is 3. The van der Waals surface area contributed by atoms with Crippen molar-refractivity contribution < 1.29 is 14.2 Å². The highest BCUT2D eigenvalue weighted by Gasteiger charge is 2.27. The summed E-state index contributed by atoms with van der Waals surface area (Å²) in [6.07, 6.45) is 2.81. The minimum atomic E-state index is -0.554. The van der Waals surface area contributed by atoms with E-state index < -0.39 is 4.92 Å². The van der Waals surface area contributed by atoms with Crippen LogP contribution in [0, 0.1) is 10.1 Å². The average molecular weight is 295 g/mol. The van der Waals surface area contributed by atoms with Crippen molar-refractivity contribution >= 4 is 11.6 Å². The largest absolute Gasteiger partial charge is 0.433 e. The normalized spacial score (nSPS) is 17.9. The number of oxime groups is 1. The van der Waals surface area contributed by atoms with Gasteiger partial charge in [0, 0.05) is 13.0 Å². The molecule has 1 aromatic rings. The minimum absolute atomic E-state index is 0.0118. The van der Waals surface area contributed by atoms with E-state index in [1.54, 1.807) is 6.07 Å². The van der Waals surface area contributed by atoms with Gasteiger partial charge in [0.25, 0.3) is 0 Å². The third-order valence-electron chi connectivity index (χ3n) is 3.33. The Morgan fingerprint density at radius 1 is 1.38 bits per heavy atom. The lowest BCUT2D eigenvalue weighted by Gasteiger charge is -2.23. The molecule has 0 saturated carbocycles. The molecule has 0 amide bonds. The molecule has 0 saturated heterocycles. The van der Waals surface area contributed by atoms with Gasteiger partial charge in [-0.25, -0.2) is 0 Å². The standard InChI is InChI=1S/C14H21N3O4/c1-3-7-16(8-4-2)10-11-9-12(15-21-11)13-5-6-14(20-13)17(18)19/h5-6,11H,3-4,7-10H2,1-2H3. The van der Waals surface area contributed by atoms with E-state index in [0.717, 1.165) is 32.5 Å². The highest BCUT2D eigenvalue weighted by molar-refractivity contribution is 5.99. The van der Waals surface area contributed by atoms with Crippen LogP contribution >= 0.6 is 0 Å². The summed E-state index contributed by atoms with van der Waals surface area (Å²) in [7, 11) is 0. The van der Waals surface area contributed by atoms with Crippen molar-refractivity contribution in [2.45, 2.75) is 39.2 Å². The van der Waals surface area contributed by atoms with Crippen molar-refractivity contribution in [2.75, 3.05) is 19.6 Å². The fourth-order valence-electron chi connectivity index (χ4n) is 2.47. The first-order valence-electron chi connectivity index (χ1n) is 7.33. The highest BCUT2D eigenvalue weighted by Crippen LogP contribution is 2.22. The first-order chi connectivity index (χ1) is 10.1. The Morgan fingerprint density at radius 3 is 2.67 bits per heavy atom. The van der Waals surface area contributed by atoms with Crippen LogP contribution in [0.5, 0.6) is 0 Å². The summed E-state index contributed by atoms with van der Waals surface area (Å²) >= 11 is 0. The molecular weight excluding hydrogens is 274 g/mol. The fourth-order valence-corrected chi connectivity index (χ4v) is 2.47. The first kappa shape index (κ1) is 15.5. The monoisotopic (exact) mass is 295 g/mol. The van der Waals surface area contributed by atoms with Crippen molar-refractivity contribution in [1.82, 2.24) is 4.90 Å². The van der Waals surface area contributed by atoms with Crippen LogP contribution in [0.25, 0.3) is 0 Å². The lowest BCUT2D eigenvalue weighted by molar-refractivity contribution is -0.402. The molecule has 2 heterocycles. The predicted molar refractivity (Wildman–Crippen MR) is 78.4 cm³/mol. The summed E-state index contributed by atoms with van der Waals surface area (Å²) in [5.74, 6) is 0.150. The highest BCUT2D eigenvalue weighted by atomic mass is 16.7. The second-order valence-corrected chi connectivity index (χ2v) is 5.17. The summed E-state index contributed by atoms with van der Waals surface area (Å²) in [6.45, 7) is 7.20. The maximum Gasteiger partial charge on any atom is 0.433 e. The molecule has 2 rings (SSSR count). The van der Waals surface area contributed by atoms with Gasteiger partial charge in [-0.3, -0.25) is 15.0 Å². The van der Waals surface area contributed by atoms with Gasteiger partial charge in [0.15, 0.2) is 5.76 Å². The van der Waals surface area contributed by atoms with Crippen molar-refractivity contribution in [3.8, 4) is 0 Å². The molecule has 21 heavy (non-hydrogen) atoms. The zero-order chi connectivity index (χ0) is 15.2. The average Bonchev–Trinajstić information content (AvgIpc) is 3.07. The molecule has 0 bridgehead atoms. The quantitative estimate of drug-likeness (QED) is 0.544. The molecule has 0 aromatic carbocycles. The molecule has 0 aliphatic carbocycles. The van der Waals surface area contributed by atoms with Gasteiger partial charge in [-0.1, -0.05) is 19.0 Å².